The van der Waals surface area contributed by atoms with Gasteiger partial charge < -0.3 is 24.7 Å². The number of nitriles is 1. The smallest absolute Gasteiger partial charge is 0.408 e. The molecule has 0 aliphatic carbocycles. The number of pyridine rings is 1. The Kier molecular flexibility index (Phi) is 7.98. The zero-order chi connectivity index (χ0) is 22.1. The number of alkyl carbamates (subject to hydrolysis) is 1. The van der Waals surface area contributed by atoms with Gasteiger partial charge in [-0.2, -0.15) is 5.26 Å². The summed E-state index contributed by atoms with van der Waals surface area (Å²) < 4.78 is 5.11. The Hall–Kier alpha value is -3.35. The van der Waals surface area contributed by atoms with Crippen molar-refractivity contribution in [1.82, 2.24) is 15.2 Å². The van der Waals surface area contributed by atoms with Crippen LogP contribution in [0.4, 0.5) is 10.6 Å². The fourth-order valence-corrected chi connectivity index (χ4v) is 2.67. The Morgan fingerprint density at radius 1 is 1.33 bits per heavy atom. The van der Waals surface area contributed by atoms with E-state index in [0.717, 1.165) is 5.82 Å². The molecule has 1 aliphatic heterocycles. The first-order chi connectivity index (χ1) is 14.2. The molecule has 30 heavy (non-hydrogen) atoms. The highest BCUT2D eigenvalue weighted by atomic mass is 16.6. The van der Waals surface area contributed by atoms with Crippen molar-refractivity contribution in [1.29, 1.82) is 5.26 Å². The van der Waals surface area contributed by atoms with Gasteiger partial charge in [-0.3, -0.25) is 4.79 Å². The molecule has 1 aromatic rings. The predicted octanol–water partition coefficient (Wildman–Crippen LogP) is 1.52. The normalized spacial score (nSPS) is 15.4. The maximum absolute atomic E-state index is 12.3. The molecule has 10 heteroatoms. The third-order valence-corrected chi connectivity index (χ3v) is 4.14. The highest BCUT2D eigenvalue weighted by Gasteiger charge is 2.22. The van der Waals surface area contributed by atoms with E-state index in [1.54, 1.807) is 24.0 Å². The molecular weight excluding hydrogens is 388 g/mol. The topological polar surface area (TPSA) is 120 Å². The van der Waals surface area contributed by atoms with Crippen LogP contribution in [0.3, 0.4) is 0 Å². The molecule has 1 saturated heterocycles. The molecule has 0 aromatic carbocycles. The van der Waals surface area contributed by atoms with Gasteiger partial charge in [0, 0.05) is 37.9 Å². The minimum atomic E-state index is -0.592. The van der Waals surface area contributed by atoms with Gasteiger partial charge in [-0.05, 0) is 39.8 Å². The number of rotatable bonds is 6. The van der Waals surface area contributed by atoms with Gasteiger partial charge in [0.05, 0.1) is 11.8 Å². The molecule has 0 radical (unpaired) electrons. The number of amides is 2. The number of piperazine rings is 1. The molecule has 0 bridgehead atoms. The second-order valence-corrected chi connectivity index (χ2v) is 7.90. The summed E-state index contributed by atoms with van der Waals surface area (Å²) in [6, 6.07) is 5.57. The number of ether oxygens (including phenoxy) is 1. The van der Waals surface area contributed by atoms with E-state index in [9.17, 15) is 9.59 Å². The van der Waals surface area contributed by atoms with Gasteiger partial charge in [-0.15, -0.1) is 0 Å². The van der Waals surface area contributed by atoms with Crippen LogP contribution in [0.25, 0.3) is 0 Å². The molecule has 2 heterocycles. The van der Waals surface area contributed by atoms with Crippen LogP contribution in [0.5, 0.6) is 0 Å². The van der Waals surface area contributed by atoms with E-state index in [2.05, 4.69) is 20.4 Å². The van der Waals surface area contributed by atoms with Crippen molar-refractivity contribution in [3.63, 3.8) is 0 Å². The standard InChI is InChI=1S/C20H28N6O4/c1-15(30-19(28)24-20(2,3)4)12-23-29-14-18(27)26-9-7-25(8-10-26)17-6-5-16(11-21)13-22-17/h5-6,12-13,15H,7-10,14H2,1-4H3,(H,24,28). The van der Waals surface area contributed by atoms with Crippen molar-refractivity contribution in [2.75, 3.05) is 37.7 Å². The maximum atomic E-state index is 12.3. The van der Waals surface area contributed by atoms with E-state index in [-0.39, 0.29) is 12.5 Å². The summed E-state index contributed by atoms with van der Waals surface area (Å²) in [6.45, 7) is 9.37. The molecule has 1 atom stereocenters. The number of hydrogen-bond acceptors (Lipinski definition) is 8. The molecule has 1 fully saturated rings. The monoisotopic (exact) mass is 416 g/mol. The molecule has 0 saturated carbocycles. The summed E-state index contributed by atoms with van der Waals surface area (Å²) in [5.41, 5.74) is 0.122. The predicted molar refractivity (Wildman–Crippen MR) is 111 cm³/mol. The highest BCUT2D eigenvalue weighted by molar-refractivity contribution is 5.78. The second kappa shape index (κ2) is 10.4. The molecular formula is C20H28N6O4. The number of hydrogen-bond donors (Lipinski definition) is 1. The summed E-state index contributed by atoms with van der Waals surface area (Å²) in [6.07, 6.45) is 1.72. The van der Waals surface area contributed by atoms with E-state index in [1.165, 1.54) is 12.4 Å². The lowest BCUT2D eigenvalue weighted by Crippen LogP contribution is -2.49. The van der Waals surface area contributed by atoms with Crippen LogP contribution in [-0.4, -0.2) is 72.5 Å². The van der Waals surface area contributed by atoms with Gasteiger partial charge in [-0.25, -0.2) is 9.78 Å². The number of anilines is 1. The molecule has 162 valence electrons. The fraction of sp³-hybridized carbons (Fsp3) is 0.550. The van der Waals surface area contributed by atoms with E-state index in [4.69, 9.17) is 14.8 Å². The number of oxime groups is 1. The third kappa shape index (κ3) is 7.58. The average molecular weight is 416 g/mol. The molecule has 2 amide bonds. The zero-order valence-corrected chi connectivity index (χ0v) is 17.8. The van der Waals surface area contributed by atoms with Crippen LogP contribution in [0.2, 0.25) is 0 Å². The maximum Gasteiger partial charge on any atom is 0.408 e. The third-order valence-electron chi connectivity index (χ3n) is 4.14. The van der Waals surface area contributed by atoms with Gasteiger partial charge in [0.25, 0.3) is 5.91 Å². The van der Waals surface area contributed by atoms with Gasteiger partial charge in [0.1, 0.15) is 18.0 Å². The molecule has 2 rings (SSSR count). The average Bonchev–Trinajstić information content (AvgIpc) is 2.69. The van der Waals surface area contributed by atoms with E-state index < -0.39 is 17.7 Å². The Bertz CT molecular complexity index is 789. The SMILES string of the molecule is CC(C=NOCC(=O)N1CCN(c2ccc(C#N)cn2)CC1)OC(=O)NC(C)(C)C. The van der Waals surface area contributed by atoms with Crippen LogP contribution >= 0.6 is 0 Å². The number of carbonyl (C=O) groups excluding carboxylic acids is 2. The van der Waals surface area contributed by atoms with Crippen LogP contribution in [0, 0.1) is 11.3 Å². The summed E-state index contributed by atoms with van der Waals surface area (Å²) in [4.78, 5) is 37.0. The van der Waals surface area contributed by atoms with Crippen molar-refractivity contribution in [3.8, 4) is 6.07 Å². The van der Waals surface area contributed by atoms with Crippen LogP contribution in [0.15, 0.2) is 23.5 Å². The Morgan fingerprint density at radius 3 is 2.60 bits per heavy atom. The summed E-state index contributed by atoms with van der Waals surface area (Å²) in [5, 5.41) is 15.2. The first-order valence-electron chi connectivity index (χ1n) is 9.71. The molecule has 1 unspecified atom stereocenters. The minimum Gasteiger partial charge on any atom is -0.441 e. The summed E-state index contributed by atoms with van der Waals surface area (Å²) in [7, 11) is 0. The fourth-order valence-electron chi connectivity index (χ4n) is 2.67. The largest absolute Gasteiger partial charge is 0.441 e. The first kappa shape index (κ1) is 22.9. The van der Waals surface area contributed by atoms with Crippen molar-refractivity contribution in [2.24, 2.45) is 5.16 Å². The summed E-state index contributed by atoms with van der Waals surface area (Å²) in [5.74, 6) is 0.616. The van der Waals surface area contributed by atoms with Gasteiger partial charge >= 0.3 is 6.09 Å². The quantitative estimate of drug-likeness (QED) is 0.551. The molecule has 1 aromatic heterocycles. The lowest BCUT2D eigenvalue weighted by atomic mass is 10.1. The van der Waals surface area contributed by atoms with Crippen molar-refractivity contribution in [2.45, 2.75) is 39.3 Å². The number of nitrogens with zero attached hydrogens (tertiary/aromatic N) is 5. The molecule has 1 N–H and O–H groups in total. The van der Waals surface area contributed by atoms with Gasteiger partial charge in [0.2, 0.25) is 0 Å². The van der Waals surface area contributed by atoms with E-state index in [1.807, 2.05) is 26.8 Å². The minimum absolute atomic E-state index is 0.168. The second-order valence-electron chi connectivity index (χ2n) is 7.90. The van der Waals surface area contributed by atoms with Crippen LogP contribution < -0.4 is 10.2 Å². The van der Waals surface area contributed by atoms with Crippen molar-refractivity contribution < 1.29 is 19.2 Å². The first-order valence-corrected chi connectivity index (χ1v) is 9.71. The van der Waals surface area contributed by atoms with Gasteiger partial charge in [-0.1, -0.05) is 5.16 Å². The van der Waals surface area contributed by atoms with Crippen molar-refractivity contribution >= 4 is 24.0 Å². The summed E-state index contributed by atoms with van der Waals surface area (Å²) >= 11 is 0. The van der Waals surface area contributed by atoms with Crippen molar-refractivity contribution in [3.05, 3.63) is 23.9 Å². The Labute approximate surface area is 176 Å². The number of nitrogens with one attached hydrogen (secondary N) is 1. The zero-order valence-electron chi connectivity index (χ0n) is 17.8. The lowest BCUT2D eigenvalue weighted by molar-refractivity contribution is -0.136. The Morgan fingerprint density at radius 2 is 2.03 bits per heavy atom. The lowest BCUT2D eigenvalue weighted by Gasteiger charge is -2.35. The van der Waals surface area contributed by atoms with Crippen LogP contribution in [0.1, 0.15) is 33.3 Å². The molecule has 10 nitrogen and oxygen atoms in total. The number of carbonyl (C=O) groups is 2. The van der Waals surface area contributed by atoms with Gasteiger partial charge in [0.15, 0.2) is 6.61 Å². The highest BCUT2D eigenvalue weighted by Crippen LogP contribution is 2.14. The number of aromatic nitrogens is 1. The van der Waals surface area contributed by atoms with Crippen LogP contribution in [-0.2, 0) is 14.4 Å². The van der Waals surface area contributed by atoms with E-state index >= 15 is 0 Å². The Balaban J connectivity index is 1.69. The molecule has 1 aliphatic rings. The molecule has 0 spiro atoms. The van der Waals surface area contributed by atoms with E-state index in [0.29, 0.717) is 31.7 Å².